The summed E-state index contributed by atoms with van der Waals surface area (Å²) in [6.07, 6.45) is 3.60. The summed E-state index contributed by atoms with van der Waals surface area (Å²) in [5, 5.41) is 10.6. The number of carbonyl (C=O) groups excluding carboxylic acids is 1. The fourth-order valence-electron chi connectivity index (χ4n) is 4.43. The summed E-state index contributed by atoms with van der Waals surface area (Å²) in [5.41, 5.74) is 3.45. The molecule has 0 spiro atoms. The molecule has 0 unspecified atom stereocenters. The first-order valence-electron chi connectivity index (χ1n) is 10.9. The van der Waals surface area contributed by atoms with Crippen LogP contribution in [0.3, 0.4) is 0 Å². The summed E-state index contributed by atoms with van der Waals surface area (Å²) in [4.78, 5) is 27.6. The third-order valence-corrected chi connectivity index (χ3v) is 6.89. The Morgan fingerprint density at radius 2 is 2.00 bits per heavy atom. The van der Waals surface area contributed by atoms with Crippen LogP contribution in [0.15, 0.2) is 40.5 Å². The van der Waals surface area contributed by atoms with Crippen molar-refractivity contribution in [3.63, 3.8) is 0 Å². The maximum Gasteiger partial charge on any atom is 0.272 e. The first kappa shape index (κ1) is 19.9. The molecule has 0 saturated heterocycles. The van der Waals surface area contributed by atoms with Crippen LogP contribution >= 0.6 is 11.3 Å². The third-order valence-electron chi connectivity index (χ3n) is 6.00. The van der Waals surface area contributed by atoms with Crippen molar-refractivity contribution < 1.29 is 4.79 Å². The fourth-order valence-corrected chi connectivity index (χ4v) is 5.26. The molecule has 1 amide bonds. The number of rotatable bonds is 6. The summed E-state index contributed by atoms with van der Waals surface area (Å²) in [6, 6.07) is 10.3. The summed E-state index contributed by atoms with van der Waals surface area (Å²) >= 11 is 1.45. The normalized spacial score (nSPS) is 13.8. The molecule has 0 aliphatic carbocycles. The molecule has 1 aromatic carbocycles. The van der Waals surface area contributed by atoms with Crippen LogP contribution < -0.4 is 5.56 Å². The maximum atomic E-state index is 12.8. The van der Waals surface area contributed by atoms with Gasteiger partial charge < -0.3 is 4.90 Å². The highest BCUT2D eigenvalue weighted by Crippen LogP contribution is 2.22. The minimum absolute atomic E-state index is 0.00106. The first-order valence-corrected chi connectivity index (χ1v) is 11.7. The van der Waals surface area contributed by atoms with Crippen LogP contribution in [0.25, 0.3) is 16.0 Å². The summed E-state index contributed by atoms with van der Waals surface area (Å²) in [7, 11) is 0. The average molecular weight is 436 g/mol. The van der Waals surface area contributed by atoms with Crippen LogP contribution in [0.1, 0.15) is 43.1 Å². The molecule has 0 bridgehead atoms. The molecule has 0 radical (unpaired) electrons. The number of fused-ring (bicyclic) bond motifs is 4. The highest BCUT2D eigenvalue weighted by atomic mass is 32.1. The van der Waals surface area contributed by atoms with E-state index in [1.54, 1.807) is 4.57 Å². The SMILES string of the molecule is CCCn1c(=O)c2sccc2n2c(CCCC(=O)N3CCc4ccccc4C3)nnc12. The second kappa shape index (κ2) is 8.26. The lowest BCUT2D eigenvalue weighted by Gasteiger charge is -2.29. The van der Waals surface area contributed by atoms with E-state index in [2.05, 4.69) is 28.4 Å². The number of aromatic nitrogens is 4. The van der Waals surface area contributed by atoms with E-state index in [1.807, 2.05) is 33.7 Å². The zero-order valence-electron chi connectivity index (χ0n) is 17.6. The van der Waals surface area contributed by atoms with Crippen molar-refractivity contribution in [3.8, 4) is 0 Å². The number of nitrogens with zero attached hydrogens (tertiary/aromatic N) is 5. The Kier molecular flexibility index (Phi) is 5.31. The van der Waals surface area contributed by atoms with Gasteiger partial charge in [-0.15, -0.1) is 21.5 Å². The van der Waals surface area contributed by atoms with Crippen LogP contribution in [0.4, 0.5) is 0 Å². The summed E-state index contributed by atoms with van der Waals surface area (Å²) in [5.74, 6) is 1.58. The van der Waals surface area contributed by atoms with Crippen LogP contribution in [0.5, 0.6) is 0 Å². The van der Waals surface area contributed by atoms with E-state index in [0.717, 1.165) is 35.4 Å². The molecule has 5 rings (SSSR count). The zero-order chi connectivity index (χ0) is 21.4. The van der Waals surface area contributed by atoms with E-state index in [9.17, 15) is 9.59 Å². The van der Waals surface area contributed by atoms with Gasteiger partial charge in [0.1, 0.15) is 10.5 Å². The highest BCUT2D eigenvalue weighted by molar-refractivity contribution is 7.17. The number of aryl methyl sites for hydroxylation is 2. The van der Waals surface area contributed by atoms with Crippen LogP contribution in [0, 0.1) is 0 Å². The maximum absolute atomic E-state index is 12.8. The lowest BCUT2D eigenvalue weighted by molar-refractivity contribution is -0.132. The van der Waals surface area contributed by atoms with Gasteiger partial charge in [-0.1, -0.05) is 31.2 Å². The molecule has 4 aromatic rings. The molecule has 1 aliphatic rings. The molecule has 0 saturated carbocycles. The Labute approximate surface area is 183 Å². The van der Waals surface area contributed by atoms with E-state index in [1.165, 1.54) is 22.5 Å². The minimum atomic E-state index is -0.00106. The Balaban J connectivity index is 1.33. The van der Waals surface area contributed by atoms with Gasteiger partial charge in [0.25, 0.3) is 5.56 Å². The molecule has 8 heteroatoms. The minimum Gasteiger partial charge on any atom is -0.338 e. The molecule has 0 fully saturated rings. The molecule has 1 aliphatic heterocycles. The van der Waals surface area contributed by atoms with Crippen molar-refractivity contribution >= 4 is 33.2 Å². The number of hydrogen-bond acceptors (Lipinski definition) is 5. The largest absolute Gasteiger partial charge is 0.338 e. The third kappa shape index (κ3) is 3.54. The summed E-state index contributed by atoms with van der Waals surface area (Å²) < 4.78 is 4.43. The number of thiophene rings is 1. The molecular formula is C23H25N5O2S. The monoisotopic (exact) mass is 435 g/mol. The topological polar surface area (TPSA) is 72.5 Å². The van der Waals surface area contributed by atoms with E-state index >= 15 is 0 Å². The van der Waals surface area contributed by atoms with Gasteiger partial charge in [-0.2, -0.15) is 0 Å². The molecule has 4 heterocycles. The van der Waals surface area contributed by atoms with Gasteiger partial charge in [0.15, 0.2) is 0 Å². The van der Waals surface area contributed by atoms with Gasteiger partial charge in [-0.05, 0) is 41.8 Å². The van der Waals surface area contributed by atoms with Crippen molar-refractivity contribution in [1.29, 1.82) is 0 Å². The fraction of sp³-hybridized carbons (Fsp3) is 0.391. The first-order chi connectivity index (χ1) is 15.2. The molecule has 7 nitrogen and oxygen atoms in total. The Bertz CT molecular complexity index is 1320. The lowest BCUT2D eigenvalue weighted by Crippen LogP contribution is -2.35. The standard InChI is InChI=1S/C23H25N5O2S/c1-2-12-27-22(30)21-18(11-14-31-21)28-19(24-25-23(27)28)8-5-9-20(29)26-13-10-16-6-3-4-7-17(16)15-26/h3-4,6-7,11,14H,2,5,8-10,12-13,15H2,1H3. The van der Waals surface area contributed by atoms with Gasteiger partial charge in [0.2, 0.25) is 11.7 Å². The van der Waals surface area contributed by atoms with Crippen molar-refractivity contribution in [2.75, 3.05) is 6.54 Å². The number of carbonyl (C=O) groups is 1. The van der Waals surface area contributed by atoms with E-state index in [0.29, 0.717) is 38.1 Å². The van der Waals surface area contributed by atoms with E-state index in [4.69, 9.17) is 0 Å². The van der Waals surface area contributed by atoms with E-state index < -0.39 is 0 Å². The Morgan fingerprint density at radius 1 is 1.16 bits per heavy atom. The molecule has 160 valence electrons. The van der Waals surface area contributed by atoms with Crippen molar-refractivity contribution in [2.24, 2.45) is 0 Å². The van der Waals surface area contributed by atoms with Crippen LogP contribution in [-0.4, -0.2) is 36.5 Å². The second-order valence-corrected chi connectivity index (χ2v) is 8.95. The van der Waals surface area contributed by atoms with Gasteiger partial charge in [-0.25, -0.2) is 0 Å². The lowest BCUT2D eigenvalue weighted by atomic mass is 9.99. The summed E-state index contributed by atoms with van der Waals surface area (Å²) in [6.45, 7) is 4.14. The molecule has 3 aromatic heterocycles. The molecule has 0 atom stereocenters. The predicted octanol–water partition coefficient (Wildman–Crippen LogP) is 3.42. The smallest absolute Gasteiger partial charge is 0.272 e. The molecular weight excluding hydrogens is 410 g/mol. The van der Waals surface area contributed by atoms with Crippen molar-refractivity contribution in [3.05, 3.63) is 63.0 Å². The quantitative estimate of drug-likeness (QED) is 0.465. The number of amides is 1. The van der Waals surface area contributed by atoms with Gasteiger partial charge in [0.05, 0.1) is 5.52 Å². The van der Waals surface area contributed by atoms with Crippen LogP contribution in [-0.2, 0) is 30.7 Å². The predicted molar refractivity (Wildman–Crippen MR) is 121 cm³/mol. The highest BCUT2D eigenvalue weighted by Gasteiger charge is 2.21. The molecule has 0 N–H and O–H groups in total. The van der Waals surface area contributed by atoms with Crippen LogP contribution in [0.2, 0.25) is 0 Å². The van der Waals surface area contributed by atoms with E-state index in [-0.39, 0.29) is 11.5 Å². The Morgan fingerprint density at radius 3 is 2.84 bits per heavy atom. The van der Waals surface area contributed by atoms with Gasteiger partial charge in [0, 0.05) is 32.5 Å². The average Bonchev–Trinajstić information content (AvgIpc) is 3.43. The zero-order valence-corrected chi connectivity index (χ0v) is 18.4. The van der Waals surface area contributed by atoms with Crippen molar-refractivity contribution in [1.82, 2.24) is 24.1 Å². The molecule has 31 heavy (non-hydrogen) atoms. The number of benzene rings is 1. The van der Waals surface area contributed by atoms with Crippen molar-refractivity contribution in [2.45, 2.75) is 52.1 Å². The number of hydrogen-bond donors (Lipinski definition) is 0. The van der Waals surface area contributed by atoms with Gasteiger partial charge >= 0.3 is 0 Å². The van der Waals surface area contributed by atoms with Gasteiger partial charge in [-0.3, -0.25) is 18.6 Å². The second-order valence-electron chi connectivity index (χ2n) is 8.03. The Hall–Kier alpha value is -3.00.